The van der Waals surface area contributed by atoms with E-state index in [9.17, 15) is 4.79 Å². The maximum atomic E-state index is 13.0. The topological polar surface area (TPSA) is 74.1 Å². The molecule has 0 aliphatic rings. The molecule has 7 heteroatoms. The maximum absolute atomic E-state index is 13.0. The molecule has 5 rings (SSSR count). The lowest BCUT2D eigenvalue weighted by molar-refractivity contribution is -0.121. The minimum absolute atomic E-state index is 0.199. The minimum atomic E-state index is -0.199. The van der Waals surface area contributed by atoms with Crippen LogP contribution in [0.2, 0.25) is 0 Å². The van der Waals surface area contributed by atoms with Crippen LogP contribution in [0.1, 0.15) is 17.5 Å². The highest BCUT2D eigenvalue weighted by Gasteiger charge is 2.20. The summed E-state index contributed by atoms with van der Waals surface area (Å²) in [5.74, 6) is 1.44. The van der Waals surface area contributed by atoms with Crippen molar-refractivity contribution < 1.29 is 19.0 Å². The van der Waals surface area contributed by atoms with Crippen LogP contribution in [0.5, 0.6) is 17.2 Å². The molecule has 0 atom stereocenters. The second-order valence-electron chi connectivity index (χ2n) is 9.62. The second-order valence-corrected chi connectivity index (χ2v) is 9.62. The predicted molar refractivity (Wildman–Crippen MR) is 164 cm³/mol. The van der Waals surface area contributed by atoms with Crippen LogP contribution in [0.3, 0.4) is 0 Å². The third-order valence-electron chi connectivity index (χ3n) is 7.02. The molecule has 0 bridgehead atoms. The fourth-order valence-electron chi connectivity index (χ4n) is 5.09. The molecule has 0 saturated heterocycles. The molecular weight excluding hydrogens is 514 g/mol. The summed E-state index contributed by atoms with van der Waals surface area (Å²) in [6.45, 7) is 2.59. The van der Waals surface area contributed by atoms with E-state index in [1.54, 1.807) is 33.5 Å². The summed E-state index contributed by atoms with van der Waals surface area (Å²) in [4.78, 5) is 13.0. The van der Waals surface area contributed by atoms with Gasteiger partial charge in [-0.25, -0.2) is 5.43 Å². The smallest absolute Gasteiger partial charge is 0.241 e. The molecule has 1 amide bonds. The standard InChI is InChI=1S/C34H33N3O4/c1-23-15-16-28-27(19-23)33(24-11-7-5-8-12-24)34(25-13-9-6-10-14-25)37(28)18-17-32(38)36-35-22-26-20-30(40-3)31(41-4)21-29(26)39-2/h5-16,19-22H,17-18H2,1-4H3,(H,36,38). The zero-order chi connectivity index (χ0) is 28.8. The first-order valence-corrected chi connectivity index (χ1v) is 13.4. The predicted octanol–water partition coefficient (Wildman–Crippen LogP) is 6.85. The number of aryl methyl sites for hydroxylation is 2. The molecule has 0 aliphatic heterocycles. The molecule has 0 saturated carbocycles. The fourth-order valence-corrected chi connectivity index (χ4v) is 5.09. The normalized spacial score (nSPS) is 11.1. The van der Waals surface area contributed by atoms with Gasteiger partial charge in [0.15, 0.2) is 11.5 Å². The Labute approximate surface area is 240 Å². The van der Waals surface area contributed by atoms with E-state index < -0.39 is 0 Å². The Morgan fingerprint density at radius 2 is 1.44 bits per heavy atom. The van der Waals surface area contributed by atoms with Crippen LogP contribution in [0.4, 0.5) is 0 Å². The van der Waals surface area contributed by atoms with E-state index in [0.717, 1.165) is 33.3 Å². The van der Waals surface area contributed by atoms with E-state index in [1.807, 2.05) is 24.3 Å². The van der Waals surface area contributed by atoms with E-state index >= 15 is 0 Å². The molecule has 5 aromatic rings. The molecule has 0 spiro atoms. The molecule has 0 aliphatic carbocycles. The molecule has 1 N–H and O–H groups in total. The lowest BCUT2D eigenvalue weighted by Crippen LogP contribution is -2.19. The van der Waals surface area contributed by atoms with Crippen LogP contribution >= 0.6 is 0 Å². The van der Waals surface area contributed by atoms with Crippen LogP contribution in [-0.4, -0.2) is 38.0 Å². The van der Waals surface area contributed by atoms with Gasteiger partial charge in [0.1, 0.15) is 5.75 Å². The molecule has 0 radical (unpaired) electrons. The van der Waals surface area contributed by atoms with E-state index in [2.05, 4.69) is 76.6 Å². The number of nitrogens with one attached hydrogen (secondary N) is 1. The summed E-state index contributed by atoms with van der Waals surface area (Å²) in [5.41, 5.74) is 10.1. The van der Waals surface area contributed by atoms with Crippen LogP contribution in [0.25, 0.3) is 33.3 Å². The van der Waals surface area contributed by atoms with Gasteiger partial charge in [-0.1, -0.05) is 72.3 Å². The summed E-state index contributed by atoms with van der Waals surface area (Å²) in [6.07, 6.45) is 1.78. The van der Waals surface area contributed by atoms with Crippen molar-refractivity contribution in [3.8, 4) is 39.6 Å². The number of fused-ring (bicyclic) bond motifs is 1. The molecule has 0 unspecified atom stereocenters. The van der Waals surface area contributed by atoms with Gasteiger partial charge in [-0.3, -0.25) is 4.79 Å². The number of aromatic nitrogens is 1. The first-order valence-electron chi connectivity index (χ1n) is 13.4. The van der Waals surface area contributed by atoms with Gasteiger partial charge < -0.3 is 18.8 Å². The highest BCUT2D eigenvalue weighted by molar-refractivity contribution is 6.05. The van der Waals surface area contributed by atoms with E-state index in [4.69, 9.17) is 14.2 Å². The Kier molecular flexibility index (Phi) is 8.34. The third kappa shape index (κ3) is 5.79. The SMILES string of the molecule is COc1cc(OC)c(OC)cc1C=NNC(=O)CCn1c(-c2ccccc2)c(-c2ccccc2)c2cc(C)ccc21. The fraction of sp³-hybridized carbons (Fsp3) is 0.176. The van der Waals surface area contributed by atoms with Crippen molar-refractivity contribution in [3.05, 3.63) is 102 Å². The lowest BCUT2D eigenvalue weighted by Gasteiger charge is -2.13. The van der Waals surface area contributed by atoms with Crippen LogP contribution < -0.4 is 19.6 Å². The average Bonchev–Trinajstić information content (AvgIpc) is 3.33. The molecule has 208 valence electrons. The molecule has 41 heavy (non-hydrogen) atoms. The number of nitrogens with zero attached hydrogens (tertiary/aromatic N) is 2. The zero-order valence-corrected chi connectivity index (χ0v) is 23.7. The average molecular weight is 548 g/mol. The Bertz CT molecular complexity index is 1690. The minimum Gasteiger partial charge on any atom is -0.496 e. The van der Waals surface area contributed by atoms with Gasteiger partial charge in [0.2, 0.25) is 5.91 Å². The second kappa shape index (κ2) is 12.4. The highest BCUT2D eigenvalue weighted by atomic mass is 16.5. The monoisotopic (exact) mass is 547 g/mol. The summed E-state index contributed by atoms with van der Waals surface area (Å²) >= 11 is 0. The van der Waals surface area contributed by atoms with Crippen molar-refractivity contribution in [1.82, 2.24) is 9.99 Å². The molecule has 0 fully saturated rings. The van der Waals surface area contributed by atoms with Crippen molar-refractivity contribution in [2.24, 2.45) is 5.10 Å². The van der Waals surface area contributed by atoms with Gasteiger partial charge in [-0.2, -0.15) is 5.10 Å². The number of hydrogen-bond acceptors (Lipinski definition) is 5. The van der Waals surface area contributed by atoms with Crippen LogP contribution in [0, 0.1) is 6.92 Å². The quantitative estimate of drug-likeness (QED) is 0.153. The first kappa shape index (κ1) is 27.5. The first-order chi connectivity index (χ1) is 20.0. The number of ether oxygens (including phenoxy) is 3. The van der Waals surface area contributed by atoms with Crippen LogP contribution in [0.15, 0.2) is 96.1 Å². The van der Waals surface area contributed by atoms with Gasteiger partial charge in [0.25, 0.3) is 0 Å². The number of hydrogen-bond donors (Lipinski definition) is 1. The maximum Gasteiger partial charge on any atom is 0.241 e. The van der Waals surface area contributed by atoms with Crippen LogP contribution in [-0.2, 0) is 11.3 Å². The van der Waals surface area contributed by atoms with Gasteiger partial charge in [0, 0.05) is 41.1 Å². The van der Waals surface area contributed by atoms with Gasteiger partial charge in [-0.15, -0.1) is 0 Å². The Morgan fingerprint density at radius 1 is 0.805 bits per heavy atom. The number of carbonyl (C=O) groups is 1. The van der Waals surface area contributed by atoms with Gasteiger partial charge in [-0.05, 0) is 36.2 Å². The summed E-state index contributed by atoms with van der Waals surface area (Å²) in [5, 5.41) is 5.35. The Morgan fingerprint density at radius 3 is 2.10 bits per heavy atom. The van der Waals surface area contributed by atoms with Gasteiger partial charge in [0.05, 0.1) is 33.2 Å². The largest absolute Gasteiger partial charge is 0.496 e. The van der Waals surface area contributed by atoms with Crippen molar-refractivity contribution in [2.45, 2.75) is 19.9 Å². The molecular formula is C34H33N3O4. The summed E-state index contributed by atoms with van der Waals surface area (Å²) in [6, 6.07) is 30.7. The molecule has 4 aromatic carbocycles. The van der Waals surface area contributed by atoms with Gasteiger partial charge >= 0.3 is 0 Å². The third-order valence-corrected chi connectivity index (χ3v) is 7.02. The summed E-state index contributed by atoms with van der Waals surface area (Å²) < 4.78 is 18.4. The number of hydrazone groups is 1. The number of carbonyl (C=O) groups excluding carboxylic acids is 1. The zero-order valence-electron chi connectivity index (χ0n) is 23.7. The lowest BCUT2D eigenvalue weighted by atomic mass is 9.98. The number of rotatable bonds is 10. The van der Waals surface area contributed by atoms with Crippen molar-refractivity contribution in [3.63, 3.8) is 0 Å². The van der Waals surface area contributed by atoms with E-state index in [0.29, 0.717) is 29.4 Å². The van der Waals surface area contributed by atoms with Crippen molar-refractivity contribution in [1.29, 1.82) is 0 Å². The van der Waals surface area contributed by atoms with Crippen molar-refractivity contribution >= 4 is 23.0 Å². The Hall–Kier alpha value is -5.04. The molecule has 1 heterocycles. The number of benzene rings is 4. The number of amides is 1. The highest BCUT2D eigenvalue weighted by Crippen LogP contribution is 2.41. The van der Waals surface area contributed by atoms with E-state index in [1.165, 1.54) is 11.8 Å². The number of methoxy groups -OCH3 is 3. The molecule has 1 aromatic heterocycles. The summed E-state index contributed by atoms with van der Waals surface area (Å²) in [7, 11) is 4.69. The molecule has 7 nitrogen and oxygen atoms in total. The van der Waals surface area contributed by atoms with E-state index in [-0.39, 0.29) is 12.3 Å². The van der Waals surface area contributed by atoms with Crippen molar-refractivity contribution in [2.75, 3.05) is 21.3 Å². The Balaban J connectivity index is 1.45.